The lowest BCUT2D eigenvalue weighted by molar-refractivity contribution is -0.144. The number of benzene rings is 2. The second kappa shape index (κ2) is 30.0. The minimum absolute atomic E-state index is 0.00926. The number of aliphatic carboxylic acids is 1. The number of amides is 6. The number of carboxylic acids is 1. The van der Waals surface area contributed by atoms with Gasteiger partial charge in [-0.1, -0.05) is 48.5 Å². The summed E-state index contributed by atoms with van der Waals surface area (Å²) in [6.07, 6.45) is 3.77. The van der Waals surface area contributed by atoms with Gasteiger partial charge in [0, 0.05) is 86.6 Å². The van der Waals surface area contributed by atoms with Crippen molar-refractivity contribution in [1.29, 1.82) is 0 Å². The predicted molar refractivity (Wildman–Crippen MR) is 285 cm³/mol. The summed E-state index contributed by atoms with van der Waals surface area (Å²) in [5.41, 5.74) is 24.6. The SMILES string of the molecule is CC(=O)N[C@@H](CCCN=C(N)N)C(=O)N[C@H]1CCCCNC(=O)C[C@@H](C(=O)O)NC(=O)[C@H](Cc2c[nH]c3ccccc23)CC(=O)[C@H](CCCN=C(N)N)CC(=O)[C@@H](Cc2ccccc2)NC(=O)[C@H](Cc2cnc[nH]2)NC1=O. The highest BCUT2D eigenvalue weighted by Gasteiger charge is 2.36. The molecule has 25 nitrogen and oxygen atoms in total. The second-order valence-corrected chi connectivity index (χ2v) is 19.1. The Morgan fingerprint density at radius 3 is 2.13 bits per heavy atom. The molecule has 3 heterocycles. The normalized spacial score (nSPS) is 21.1. The lowest BCUT2D eigenvalue weighted by Crippen LogP contribution is -2.58. The Balaban J connectivity index is 1.54. The Morgan fingerprint density at radius 1 is 0.753 bits per heavy atom. The van der Waals surface area contributed by atoms with E-state index in [2.05, 4.69) is 56.8 Å². The quantitative estimate of drug-likeness (QED) is 0.0336. The number of aliphatic imine (C=N–C) groups is 2. The van der Waals surface area contributed by atoms with E-state index < -0.39 is 114 Å². The number of aromatic amines is 2. The number of imidazole rings is 1. The first-order valence-electron chi connectivity index (χ1n) is 25.6. The van der Waals surface area contributed by atoms with E-state index in [1.165, 1.54) is 19.4 Å². The zero-order valence-corrected chi connectivity index (χ0v) is 43.1. The van der Waals surface area contributed by atoms with Gasteiger partial charge in [-0.15, -0.1) is 0 Å². The van der Waals surface area contributed by atoms with Gasteiger partial charge in [0.15, 0.2) is 17.7 Å². The molecule has 4 aromatic rings. The fourth-order valence-electron chi connectivity index (χ4n) is 9.01. The molecule has 77 heavy (non-hydrogen) atoms. The molecule has 0 unspecified atom stereocenters. The lowest BCUT2D eigenvalue weighted by atomic mass is 9.83. The highest BCUT2D eigenvalue weighted by Crippen LogP contribution is 2.26. The standard InChI is InChI=1S/C52H71N15O10/c1-30(68)63-38(17-10-20-60-52(55)56)47(73)64-39-16-7-8-18-58-45(71)26-42(50(76)77)67-46(72)33(22-34-27-61-37-15-6-5-14-36(34)37)24-43(69)32(13-9-19-59-51(53)54)23-44(70)40(21-31-11-3-2-4-12-31)65-49(75)41(66-48(39)74)25-35-28-57-29-62-35/h2-6,11-12,14-15,27-29,32-33,38-42,61H,7-10,13,16-26H2,1H3,(H,57,62)(H,58,71)(H,63,68)(H,64,73)(H,65,75)(H,66,74)(H,67,72)(H,76,77)(H4,53,54,59)(H4,55,56,60)/t32-,33-,38+,39+,40-,41+,42+/m1/s1. The molecule has 17 N–H and O–H groups in total. The summed E-state index contributed by atoms with van der Waals surface area (Å²) in [5, 5.41) is 27.1. The van der Waals surface area contributed by atoms with Crippen LogP contribution in [-0.4, -0.2) is 135 Å². The minimum Gasteiger partial charge on any atom is -0.480 e. The molecule has 0 bridgehead atoms. The maximum atomic E-state index is 14.8. The molecule has 0 saturated carbocycles. The number of hydrogen-bond donors (Lipinski definition) is 13. The molecule has 1 aliphatic rings. The Labute approximate surface area is 444 Å². The Bertz CT molecular complexity index is 2720. The van der Waals surface area contributed by atoms with Crippen LogP contribution in [0.3, 0.4) is 0 Å². The number of fused-ring (bicyclic) bond motifs is 1. The van der Waals surface area contributed by atoms with E-state index in [1.807, 2.05) is 24.3 Å². The zero-order valence-electron chi connectivity index (χ0n) is 43.1. The van der Waals surface area contributed by atoms with Crippen molar-refractivity contribution in [2.45, 2.75) is 121 Å². The first-order valence-corrected chi connectivity index (χ1v) is 25.6. The molecule has 1 fully saturated rings. The van der Waals surface area contributed by atoms with Crippen molar-refractivity contribution in [2.75, 3.05) is 19.6 Å². The van der Waals surface area contributed by atoms with Crippen LogP contribution in [-0.2, 0) is 62.4 Å². The smallest absolute Gasteiger partial charge is 0.326 e. The third-order valence-corrected chi connectivity index (χ3v) is 13.0. The van der Waals surface area contributed by atoms with Gasteiger partial charge in [-0.2, -0.15) is 0 Å². The fourth-order valence-corrected chi connectivity index (χ4v) is 9.01. The number of nitrogens with zero attached hydrogens (tertiary/aromatic N) is 3. The van der Waals surface area contributed by atoms with Crippen LogP contribution in [0.2, 0.25) is 0 Å². The molecule has 0 radical (unpaired) electrons. The number of carbonyl (C=O) groups excluding carboxylic acids is 8. The molecule has 0 spiro atoms. The summed E-state index contributed by atoms with van der Waals surface area (Å²) in [6, 6.07) is 9.28. The van der Waals surface area contributed by atoms with E-state index in [-0.39, 0.29) is 95.8 Å². The van der Waals surface area contributed by atoms with E-state index >= 15 is 0 Å². The Morgan fingerprint density at radius 2 is 1.44 bits per heavy atom. The van der Waals surface area contributed by atoms with Gasteiger partial charge >= 0.3 is 5.97 Å². The zero-order chi connectivity index (χ0) is 55.9. The molecular weight excluding hydrogens is 995 g/mol. The van der Waals surface area contributed by atoms with Gasteiger partial charge in [0.1, 0.15) is 30.0 Å². The number of nitrogens with one attached hydrogen (secondary N) is 8. The largest absolute Gasteiger partial charge is 0.480 e. The number of rotatable bonds is 18. The van der Waals surface area contributed by atoms with Crippen molar-refractivity contribution in [3.63, 3.8) is 0 Å². The summed E-state index contributed by atoms with van der Waals surface area (Å²) in [4.78, 5) is 143. The fraction of sp³-hybridized carbons (Fsp3) is 0.462. The van der Waals surface area contributed by atoms with E-state index in [1.54, 1.807) is 36.5 Å². The molecular formula is C52H71N15O10. The highest BCUT2D eigenvalue weighted by molar-refractivity contribution is 5.98. The molecule has 25 heteroatoms. The number of Topliss-reactive ketones (excluding diaryl/α,β-unsaturated/α-hetero) is 2. The van der Waals surface area contributed by atoms with Gasteiger partial charge in [-0.3, -0.25) is 48.3 Å². The third kappa shape index (κ3) is 19.9. The molecule has 5 rings (SSSR count). The van der Waals surface area contributed by atoms with Crippen LogP contribution in [0.4, 0.5) is 0 Å². The maximum absolute atomic E-state index is 14.8. The topological polar surface area (TPSA) is 419 Å². The van der Waals surface area contributed by atoms with E-state index in [0.717, 1.165) is 10.9 Å². The molecule has 1 saturated heterocycles. The van der Waals surface area contributed by atoms with Crippen molar-refractivity contribution in [1.82, 2.24) is 46.9 Å². The van der Waals surface area contributed by atoms with Crippen LogP contribution in [0, 0.1) is 11.8 Å². The third-order valence-electron chi connectivity index (χ3n) is 13.0. The van der Waals surface area contributed by atoms with E-state index in [9.17, 15) is 48.3 Å². The molecule has 1 aliphatic heterocycles. The lowest BCUT2D eigenvalue weighted by Gasteiger charge is -2.27. The van der Waals surface area contributed by atoms with E-state index in [4.69, 9.17) is 22.9 Å². The van der Waals surface area contributed by atoms with Crippen LogP contribution in [0.25, 0.3) is 10.9 Å². The van der Waals surface area contributed by atoms with Crippen LogP contribution >= 0.6 is 0 Å². The summed E-state index contributed by atoms with van der Waals surface area (Å²) in [5.74, 6) is -9.56. The Kier molecular flexibility index (Phi) is 23.1. The van der Waals surface area contributed by atoms with Crippen molar-refractivity contribution in [2.24, 2.45) is 44.8 Å². The monoisotopic (exact) mass is 1070 g/mol. The molecule has 2 aromatic heterocycles. The number of guanidine groups is 2. The number of carboxylic acid groups (broad SMARTS) is 1. The highest BCUT2D eigenvalue weighted by atomic mass is 16.4. The van der Waals surface area contributed by atoms with Gasteiger partial charge in [-0.05, 0) is 75.0 Å². The van der Waals surface area contributed by atoms with Crippen LogP contribution in [0.15, 0.2) is 83.3 Å². The number of carbonyl (C=O) groups is 9. The van der Waals surface area contributed by atoms with Crippen molar-refractivity contribution >= 4 is 75.8 Å². The first kappa shape index (κ1) is 59.2. The summed E-state index contributed by atoms with van der Waals surface area (Å²) in [7, 11) is 0. The summed E-state index contributed by atoms with van der Waals surface area (Å²) < 4.78 is 0. The van der Waals surface area contributed by atoms with Crippen LogP contribution in [0.1, 0.15) is 88.0 Å². The summed E-state index contributed by atoms with van der Waals surface area (Å²) in [6.45, 7) is 1.45. The number of aromatic nitrogens is 3. The van der Waals surface area contributed by atoms with Gasteiger partial charge in [0.2, 0.25) is 35.4 Å². The van der Waals surface area contributed by atoms with Gasteiger partial charge < -0.3 is 69.9 Å². The molecule has 2 aromatic carbocycles. The Hall–Kier alpha value is -8.64. The minimum atomic E-state index is -1.71. The van der Waals surface area contributed by atoms with Gasteiger partial charge in [0.25, 0.3) is 0 Å². The molecule has 7 atom stereocenters. The average Bonchev–Trinajstić information content (AvgIpc) is 4.07. The molecule has 6 amide bonds. The number of ketones is 2. The van der Waals surface area contributed by atoms with Crippen molar-refractivity contribution < 1.29 is 48.3 Å². The second-order valence-electron chi connectivity index (χ2n) is 19.1. The van der Waals surface area contributed by atoms with Gasteiger partial charge in [0.05, 0.1) is 18.8 Å². The van der Waals surface area contributed by atoms with E-state index in [0.29, 0.717) is 16.8 Å². The first-order chi connectivity index (χ1) is 36.9. The number of hydrogen-bond acceptors (Lipinski definition) is 12. The molecule has 0 aliphatic carbocycles. The van der Waals surface area contributed by atoms with Crippen LogP contribution in [0.5, 0.6) is 0 Å². The van der Waals surface area contributed by atoms with Crippen molar-refractivity contribution in [3.05, 3.63) is 90.1 Å². The van der Waals surface area contributed by atoms with Gasteiger partial charge in [-0.25, -0.2) is 9.78 Å². The summed E-state index contributed by atoms with van der Waals surface area (Å²) >= 11 is 0. The average molecular weight is 1070 g/mol. The maximum Gasteiger partial charge on any atom is 0.326 e. The molecule has 414 valence electrons. The van der Waals surface area contributed by atoms with Crippen molar-refractivity contribution in [3.8, 4) is 0 Å². The van der Waals surface area contributed by atoms with Crippen LogP contribution < -0.4 is 54.8 Å². The predicted octanol–water partition coefficient (Wildman–Crippen LogP) is -0.604. The number of nitrogens with two attached hydrogens (primary N) is 4. The number of H-pyrrole nitrogens is 2. The number of para-hydroxylation sites is 1.